The van der Waals surface area contributed by atoms with Crippen molar-refractivity contribution < 1.29 is 0 Å². The van der Waals surface area contributed by atoms with Crippen molar-refractivity contribution in [3.8, 4) is 0 Å². The van der Waals surface area contributed by atoms with E-state index in [0.717, 1.165) is 31.2 Å². The smallest absolute Gasteiger partial charge is 0.122 e. The first-order valence-corrected chi connectivity index (χ1v) is 6.07. The fraction of sp³-hybridized carbons (Fsp3) is 0.357. The highest BCUT2D eigenvalue weighted by molar-refractivity contribution is 5.85. The summed E-state index contributed by atoms with van der Waals surface area (Å²) in [4.78, 5) is 4.51. The van der Waals surface area contributed by atoms with E-state index < -0.39 is 0 Å². The highest BCUT2D eigenvalue weighted by Gasteiger charge is 2.03. The van der Waals surface area contributed by atoms with Gasteiger partial charge in [-0.15, -0.1) is 24.8 Å². The molecule has 0 unspecified atom stereocenters. The normalized spacial score (nSPS) is 9.58. The average Bonchev–Trinajstić information content (AvgIpc) is 2.71. The van der Waals surface area contributed by atoms with Crippen LogP contribution < -0.4 is 5.32 Å². The maximum absolute atomic E-state index is 4.51. The number of nitrogens with zero attached hydrogens (tertiary/aromatic N) is 2. The molecule has 0 aliphatic rings. The molecule has 3 nitrogen and oxygen atoms in total. The molecular weight excluding hydrogens is 281 g/mol. The van der Waals surface area contributed by atoms with E-state index >= 15 is 0 Å². The van der Waals surface area contributed by atoms with Gasteiger partial charge in [-0.3, -0.25) is 0 Å². The summed E-state index contributed by atoms with van der Waals surface area (Å²) in [5.74, 6) is 1.11. The lowest BCUT2D eigenvalue weighted by molar-refractivity contribution is 0.613. The van der Waals surface area contributed by atoms with Gasteiger partial charge in [0.25, 0.3) is 0 Å². The number of halogens is 2. The van der Waals surface area contributed by atoms with Gasteiger partial charge in [0.2, 0.25) is 0 Å². The Hall–Kier alpha value is -1.03. The zero-order valence-electron chi connectivity index (χ0n) is 11.3. The minimum Gasteiger partial charge on any atom is -0.334 e. The molecule has 0 amide bonds. The Balaban J connectivity index is 0.00000162. The lowest BCUT2D eigenvalue weighted by atomic mass is 10.2. The van der Waals surface area contributed by atoms with Gasteiger partial charge < -0.3 is 9.88 Å². The van der Waals surface area contributed by atoms with Crippen LogP contribution in [0.4, 0.5) is 0 Å². The number of imidazole rings is 1. The van der Waals surface area contributed by atoms with Crippen LogP contribution in [0.5, 0.6) is 0 Å². The number of nitrogens with one attached hydrogen (secondary N) is 1. The van der Waals surface area contributed by atoms with Gasteiger partial charge in [-0.1, -0.05) is 30.3 Å². The Morgan fingerprint density at radius 3 is 2.42 bits per heavy atom. The number of hydrogen-bond donors (Lipinski definition) is 1. The summed E-state index contributed by atoms with van der Waals surface area (Å²) in [7, 11) is 0. The fourth-order valence-corrected chi connectivity index (χ4v) is 1.93. The number of rotatable bonds is 5. The van der Waals surface area contributed by atoms with Crippen molar-refractivity contribution in [1.82, 2.24) is 14.9 Å². The van der Waals surface area contributed by atoms with Crippen molar-refractivity contribution in [2.75, 3.05) is 0 Å². The first-order valence-electron chi connectivity index (χ1n) is 6.07. The minimum atomic E-state index is 0. The van der Waals surface area contributed by atoms with Crippen molar-refractivity contribution in [2.45, 2.75) is 33.5 Å². The third-order valence-electron chi connectivity index (χ3n) is 2.78. The van der Waals surface area contributed by atoms with E-state index in [9.17, 15) is 0 Å². The molecule has 0 saturated heterocycles. The molecule has 1 aromatic carbocycles. The van der Waals surface area contributed by atoms with E-state index in [4.69, 9.17) is 0 Å². The lowest BCUT2D eigenvalue weighted by Crippen LogP contribution is -2.16. The molecule has 19 heavy (non-hydrogen) atoms. The maximum Gasteiger partial charge on any atom is 0.122 e. The van der Waals surface area contributed by atoms with Crippen molar-refractivity contribution in [3.05, 3.63) is 53.6 Å². The first kappa shape index (κ1) is 18.0. The lowest BCUT2D eigenvalue weighted by Gasteiger charge is -2.06. The molecule has 0 spiro atoms. The summed E-state index contributed by atoms with van der Waals surface area (Å²) in [6, 6.07) is 10.4. The van der Waals surface area contributed by atoms with E-state index in [0.29, 0.717) is 0 Å². The topological polar surface area (TPSA) is 29.9 Å². The molecular formula is C14H21Cl2N3. The first-order chi connectivity index (χ1) is 8.29. The molecule has 0 radical (unpaired) electrons. The average molecular weight is 302 g/mol. The van der Waals surface area contributed by atoms with Crippen molar-refractivity contribution in [1.29, 1.82) is 0 Å². The Morgan fingerprint density at radius 1 is 1.11 bits per heavy atom. The largest absolute Gasteiger partial charge is 0.334 e. The fourth-order valence-electron chi connectivity index (χ4n) is 1.93. The zero-order chi connectivity index (χ0) is 12.1. The summed E-state index contributed by atoms with van der Waals surface area (Å²) in [5, 5.41) is 3.42. The predicted octanol–water partition coefficient (Wildman–Crippen LogP) is 3.34. The molecule has 5 heteroatoms. The molecule has 1 aromatic heterocycles. The predicted molar refractivity (Wildman–Crippen MR) is 84.1 cm³/mol. The standard InChI is InChI=1S/C14H19N3.2ClH/c1-3-17-11-12(2)16-14(17)10-15-9-13-7-5-4-6-8-13;;/h4-8,11,15H,3,9-10H2,1-2H3;2*1H. The molecule has 0 bridgehead atoms. The molecule has 0 fully saturated rings. The number of aromatic nitrogens is 2. The van der Waals surface area contributed by atoms with E-state index in [2.05, 4.69) is 52.3 Å². The van der Waals surface area contributed by atoms with Gasteiger partial charge in [0.05, 0.1) is 12.2 Å². The van der Waals surface area contributed by atoms with Crippen molar-refractivity contribution in [3.63, 3.8) is 0 Å². The molecule has 0 saturated carbocycles. The zero-order valence-corrected chi connectivity index (χ0v) is 12.9. The summed E-state index contributed by atoms with van der Waals surface area (Å²) < 4.78 is 2.19. The molecule has 2 rings (SSSR count). The quantitative estimate of drug-likeness (QED) is 0.918. The van der Waals surface area contributed by atoms with E-state index in [1.807, 2.05) is 13.0 Å². The summed E-state index contributed by atoms with van der Waals surface area (Å²) in [6.45, 7) is 6.85. The van der Waals surface area contributed by atoms with Crippen molar-refractivity contribution >= 4 is 24.8 Å². The number of benzene rings is 1. The van der Waals surface area contributed by atoms with Gasteiger partial charge in [0.1, 0.15) is 5.82 Å². The highest BCUT2D eigenvalue weighted by Crippen LogP contribution is 2.03. The number of hydrogen-bond acceptors (Lipinski definition) is 2. The van der Waals surface area contributed by atoms with Crippen LogP contribution in [0.25, 0.3) is 0 Å². The second kappa shape index (κ2) is 8.97. The Bertz CT molecular complexity index is 469. The summed E-state index contributed by atoms with van der Waals surface area (Å²) >= 11 is 0. The van der Waals surface area contributed by atoms with Gasteiger partial charge in [0, 0.05) is 19.3 Å². The summed E-state index contributed by atoms with van der Waals surface area (Å²) in [6.07, 6.45) is 2.10. The highest BCUT2D eigenvalue weighted by atomic mass is 35.5. The van der Waals surface area contributed by atoms with E-state index in [-0.39, 0.29) is 24.8 Å². The molecule has 0 atom stereocenters. The Labute approximate surface area is 127 Å². The van der Waals surface area contributed by atoms with Crippen LogP contribution in [0, 0.1) is 6.92 Å². The maximum atomic E-state index is 4.51. The molecule has 1 N–H and O–H groups in total. The third kappa shape index (κ3) is 5.23. The van der Waals surface area contributed by atoms with Crippen LogP contribution in [0.3, 0.4) is 0 Å². The second-order valence-corrected chi connectivity index (χ2v) is 4.17. The van der Waals surface area contributed by atoms with Crippen LogP contribution in [0.15, 0.2) is 36.5 Å². The monoisotopic (exact) mass is 301 g/mol. The van der Waals surface area contributed by atoms with E-state index in [1.165, 1.54) is 5.56 Å². The minimum absolute atomic E-state index is 0. The molecule has 106 valence electrons. The Kier molecular flexibility index (Phi) is 8.48. The molecule has 1 heterocycles. The third-order valence-corrected chi connectivity index (χ3v) is 2.78. The molecule has 2 aromatic rings. The molecule has 0 aliphatic heterocycles. The van der Waals surface area contributed by atoms with Crippen molar-refractivity contribution in [2.24, 2.45) is 0 Å². The molecule has 0 aliphatic carbocycles. The Morgan fingerprint density at radius 2 is 1.79 bits per heavy atom. The summed E-state index contributed by atoms with van der Waals surface area (Å²) in [5.41, 5.74) is 2.39. The van der Waals surface area contributed by atoms with Crippen LogP contribution in [-0.2, 0) is 19.6 Å². The van der Waals surface area contributed by atoms with Crippen LogP contribution in [0.2, 0.25) is 0 Å². The van der Waals surface area contributed by atoms with Gasteiger partial charge in [-0.2, -0.15) is 0 Å². The number of aryl methyl sites for hydroxylation is 2. The van der Waals surface area contributed by atoms with E-state index in [1.54, 1.807) is 0 Å². The van der Waals surface area contributed by atoms with Gasteiger partial charge in [0.15, 0.2) is 0 Å². The van der Waals surface area contributed by atoms with Gasteiger partial charge in [-0.25, -0.2) is 4.98 Å². The van der Waals surface area contributed by atoms with Gasteiger partial charge in [-0.05, 0) is 19.4 Å². The second-order valence-electron chi connectivity index (χ2n) is 4.17. The van der Waals surface area contributed by atoms with Crippen LogP contribution >= 0.6 is 24.8 Å². The van der Waals surface area contributed by atoms with Crippen LogP contribution in [-0.4, -0.2) is 9.55 Å². The van der Waals surface area contributed by atoms with Gasteiger partial charge >= 0.3 is 0 Å². The SMILES string of the molecule is CCn1cc(C)nc1CNCc1ccccc1.Cl.Cl. The van der Waals surface area contributed by atoms with Crippen LogP contribution in [0.1, 0.15) is 24.0 Å².